The molecule has 0 aromatic heterocycles. The standard InChI is InChI=1S/C19H31O8P/c1-5-16-10-11-17(22-4)18(14-16)24-15-19(20)23-12-8-9-13-27-28(21,25-6-2)26-7-3/h10-11,14H,5-9,12-13,15H2,1-4H3. The summed E-state index contributed by atoms with van der Waals surface area (Å²) in [6, 6.07) is 5.60. The van der Waals surface area contributed by atoms with Crippen molar-refractivity contribution in [1.82, 2.24) is 0 Å². The van der Waals surface area contributed by atoms with Crippen molar-refractivity contribution in [2.45, 2.75) is 40.0 Å². The Morgan fingerprint density at radius 3 is 2.25 bits per heavy atom. The first kappa shape index (κ1) is 24.4. The number of methoxy groups -OCH3 is 1. The first-order valence-electron chi connectivity index (χ1n) is 9.46. The molecule has 8 nitrogen and oxygen atoms in total. The van der Waals surface area contributed by atoms with Gasteiger partial charge in [-0.2, -0.15) is 0 Å². The SMILES string of the molecule is CCOP(=O)(OCC)OCCCCOC(=O)COc1cc(CC)ccc1OC. The third kappa shape index (κ3) is 9.06. The van der Waals surface area contributed by atoms with Gasteiger partial charge in [0, 0.05) is 0 Å². The maximum Gasteiger partial charge on any atom is 0.474 e. The Hall–Kier alpha value is -1.60. The minimum atomic E-state index is -3.49. The molecule has 9 heteroatoms. The van der Waals surface area contributed by atoms with Crippen LogP contribution in [0.3, 0.4) is 0 Å². The first-order valence-corrected chi connectivity index (χ1v) is 10.9. The molecule has 0 saturated carbocycles. The molecular formula is C19H31O8P. The van der Waals surface area contributed by atoms with Gasteiger partial charge in [-0.05, 0) is 50.8 Å². The minimum Gasteiger partial charge on any atom is -0.493 e. The molecule has 0 amide bonds. The van der Waals surface area contributed by atoms with Crippen LogP contribution in [0.1, 0.15) is 39.2 Å². The number of rotatable bonds is 15. The topological polar surface area (TPSA) is 89.5 Å². The van der Waals surface area contributed by atoms with E-state index < -0.39 is 13.8 Å². The highest BCUT2D eigenvalue weighted by molar-refractivity contribution is 7.48. The highest BCUT2D eigenvalue weighted by Crippen LogP contribution is 2.49. The fourth-order valence-corrected chi connectivity index (χ4v) is 3.44. The molecule has 1 aromatic carbocycles. The third-order valence-corrected chi connectivity index (χ3v) is 5.26. The second-order valence-corrected chi connectivity index (χ2v) is 7.34. The predicted octanol–water partition coefficient (Wildman–Crippen LogP) is 4.16. The molecule has 0 aliphatic heterocycles. The molecule has 0 heterocycles. The van der Waals surface area contributed by atoms with E-state index in [2.05, 4.69) is 0 Å². The Bertz CT molecular complexity index is 624. The van der Waals surface area contributed by atoms with Gasteiger partial charge >= 0.3 is 13.8 Å². The number of phosphoric ester groups is 1. The highest BCUT2D eigenvalue weighted by Gasteiger charge is 2.24. The normalized spacial score (nSPS) is 11.3. The number of esters is 1. The van der Waals surface area contributed by atoms with E-state index in [-0.39, 0.29) is 33.0 Å². The smallest absolute Gasteiger partial charge is 0.474 e. The number of carbonyl (C=O) groups is 1. The van der Waals surface area contributed by atoms with Crippen LogP contribution in [-0.2, 0) is 34.1 Å². The molecule has 160 valence electrons. The van der Waals surface area contributed by atoms with Gasteiger partial charge in [0.25, 0.3) is 0 Å². The van der Waals surface area contributed by atoms with Gasteiger partial charge in [-0.3, -0.25) is 13.6 Å². The van der Waals surface area contributed by atoms with Gasteiger partial charge in [0.15, 0.2) is 18.1 Å². The molecule has 28 heavy (non-hydrogen) atoms. The maximum atomic E-state index is 12.1. The van der Waals surface area contributed by atoms with Crippen molar-refractivity contribution >= 4 is 13.8 Å². The van der Waals surface area contributed by atoms with Crippen LogP contribution in [-0.4, -0.2) is 46.1 Å². The van der Waals surface area contributed by atoms with Gasteiger partial charge < -0.3 is 14.2 Å². The van der Waals surface area contributed by atoms with Crippen LogP contribution in [0.5, 0.6) is 11.5 Å². The molecule has 0 fully saturated rings. The summed E-state index contributed by atoms with van der Waals surface area (Å²) in [5.74, 6) is 0.601. The number of carbonyl (C=O) groups excluding carboxylic acids is 1. The molecule has 0 unspecified atom stereocenters. The van der Waals surface area contributed by atoms with Gasteiger partial charge in [0.2, 0.25) is 0 Å². The van der Waals surface area contributed by atoms with Crippen molar-refractivity contribution in [2.24, 2.45) is 0 Å². The van der Waals surface area contributed by atoms with Crippen LogP contribution in [0, 0.1) is 0 Å². The summed E-state index contributed by atoms with van der Waals surface area (Å²) in [5.41, 5.74) is 1.08. The minimum absolute atomic E-state index is 0.187. The van der Waals surface area contributed by atoms with Crippen LogP contribution >= 0.6 is 7.82 Å². The number of unbranched alkanes of at least 4 members (excludes halogenated alkanes) is 1. The zero-order valence-electron chi connectivity index (χ0n) is 17.1. The molecule has 0 radical (unpaired) electrons. The molecule has 0 spiro atoms. The Labute approximate surface area is 167 Å². The summed E-state index contributed by atoms with van der Waals surface area (Å²) >= 11 is 0. The second kappa shape index (κ2) is 13.6. The van der Waals surface area contributed by atoms with Gasteiger partial charge in [-0.15, -0.1) is 0 Å². The van der Waals surface area contributed by atoms with E-state index in [0.717, 1.165) is 12.0 Å². The average Bonchev–Trinajstić information content (AvgIpc) is 2.69. The molecule has 0 aliphatic rings. The predicted molar refractivity (Wildman–Crippen MR) is 105 cm³/mol. The molecule has 0 aliphatic carbocycles. The molecule has 0 atom stereocenters. The third-order valence-electron chi connectivity index (χ3n) is 3.61. The van der Waals surface area contributed by atoms with Crippen LogP contribution in [0.4, 0.5) is 0 Å². The Kier molecular flexibility index (Phi) is 11.8. The number of hydrogen-bond donors (Lipinski definition) is 0. The van der Waals surface area contributed by atoms with Crippen LogP contribution in [0.25, 0.3) is 0 Å². The van der Waals surface area contributed by atoms with E-state index in [1.54, 1.807) is 21.0 Å². The summed E-state index contributed by atoms with van der Waals surface area (Å²) < 4.78 is 43.2. The quantitative estimate of drug-likeness (QED) is 0.238. The second-order valence-electron chi connectivity index (χ2n) is 5.67. The van der Waals surface area contributed by atoms with Crippen LogP contribution < -0.4 is 9.47 Å². The number of hydrogen-bond acceptors (Lipinski definition) is 8. The summed E-state index contributed by atoms with van der Waals surface area (Å²) in [4.78, 5) is 11.8. The summed E-state index contributed by atoms with van der Waals surface area (Å²) in [6.45, 7) is 6.13. The molecule has 0 bridgehead atoms. The lowest BCUT2D eigenvalue weighted by atomic mass is 10.1. The fourth-order valence-electron chi connectivity index (χ4n) is 2.23. The van der Waals surface area contributed by atoms with Gasteiger partial charge in [-0.25, -0.2) is 9.36 Å². The van der Waals surface area contributed by atoms with E-state index in [1.165, 1.54) is 0 Å². The maximum absolute atomic E-state index is 12.1. The van der Waals surface area contributed by atoms with Gasteiger partial charge in [0.05, 0.1) is 33.5 Å². The Balaban J connectivity index is 2.26. The molecule has 0 N–H and O–H groups in total. The number of ether oxygens (including phenoxy) is 3. The van der Waals surface area contributed by atoms with E-state index in [9.17, 15) is 9.36 Å². The monoisotopic (exact) mass is 418 g/mol. The fraction of sp³-hybridized carbons (Fsp3) is 0.632. The van der Waals surface area contributed by atoms with Crippen molar-refractivity contribution in [1.29, 1.82) is 0 Å². The lowest BCUT2D eigenvalue weighted by molar-refractivity contribution is -0.146. The number of phosphoric acid groups is 1. The first-order chi connectivity index (χ1) is 13.5. The van der Waals surface area contributed by atoms with E-state index in [4.69, 9.17) is 27.8 Å². The zero-order chi connectivity index (χ0) is 20.8. The van der Waals surface area contributed by atoms with Gasteiger partial charge in [-0.1, -0.05) is 13.0 Å². The van der Waals surface area contributed by atoms with Crippen molar-refractivity contribution < 1.29 is 37.1 Å². The molecule has 1 aromatic rings. The van der Waals surface area contributed by atoms with Crippen molar-refractivity contribution in [2.75, 3.05) is 40.1 Å². The zero-order valence-corrected chi connectivity index (χ0v) is 18.0. The summed E-state index contributed by atoms with van der Waals surface area (Å²) in [7, 11) is -1.94. The van der Waals surface area contributed by atoms with E-state index in [0.29, 0.717) is 24.3 Å². The number of benzene rings is 1. The molecule has 1 rings (SSSR count). The van der Waals surface area contributed by atoms with Crippen molar-refractivity contribution in [3.8, 4) is 11.5 Å². The highest BCUT2D eigenvalue weighted by atomic mass is 31.2. The number of aryl methyl sites for hydroxylation is 1. The molecule has 0 saturated heterocycles. The average molecular weight is 418 g/mol. The summed E-state index contributed by atoms with van der Waals surface area (Å²) in [6.07, 6.45) is 1.95. The van der Waals surface area contributed by atoms with E-state index in [1.807, 2.05) is 25.1 Å². The van der Waals surface area contributed by atoms with Crippen molar-refractivity contribution in [3.63, 3.8) is 0 Å². The summed E-state index contributed by atoms with van der Waals surface area (Å²) in [5, 5.41) is 0. The van der Waals surface area contributed by atoms with Crippen LogP contribution in [0.2, 0.25) is 0 Å². The van der Waals surface area contributed by atoms with E-state index >= 15 is 0 Å². The van der Waals surface area contributed by atoms with Crippen LogP contribution in [0.15, 0.2) is 18.2 Å². The van der Waals surface area contributed by atoms with Gasteiger partial charge in [0.1, 0.15) is 0 Å². The Morgan fingerprint density at radius 2 is 1.64 bits per heavy atom. The van der Waals surface area contributed by atoms with Crippen molar-refractivity contribution in [3.05, 3.63) is 23.8 Å². The molecular weight excluding hydrogens is 387 g/mol. The lowest BCUT2D eigenvalue weighted by Crippen LogP contribution is -2.16. The Morgan fingerprint density at radius 1 is 0.964 bits per heavy atom. The largest absolute Gasteiger partial charge is 0.493 e. The lowest BCUT2D eigenvalue weighted by Gasteiger charge is -2.16.